The van der Waals surface area contributed by atoms with Gasteiger partial charge in [0.2, 0.25) is 17.5 Å². The van der Waals surface area contributed by atoms with Gasteiger partial charge in [-0.1, -0.05) is 30.3 Å². The highest BCUT2D eigenvalue weighted by Crippen LogP contribution is 2.43. The number of imidazole rings is 1. The van der Waals surface area contributed by atoms with E-state index in [1.807, 2.05) is 0 Å². The lowest BCUT2D eigenvalue weighted by Gasteiger charge is -2.46. The van der Waals surface area contributed by atoms with Crippen molar-refractivity contribution in [3.63, 3.8) is 0 Å². The molecule has 0 radical (unpaired) electrons. The molecule has 1 aliphatic carbocycles. The molecule has 2 bridgehead atoms. The minimum atomic E-state index is -0.776. The average molecular weight is 577 g/mol. The van der Waals surface area contributed by atoms with Gasteiger partial charge < -0.3 is 14.0 Å². The minimum absolute atomic E-state index is 0.0182. The van der Waals surface area contributed by atoms with Crippen LogP contribution in [0.15, 0.2) is 36.7 Å². The Bertz CT molecular complexity index is 1540. The number of likely N-dealkylation sites (tertiary alicyclic amines) is 1. The summed E-state index contributed by atoms with van der Waals surface area (Å²) in [7, 11) is 0. The van der Waals surface area contributed by atoms with E-state index >= 15 is 0 Å². The van der Waals surface area contributed by atoms with Gasteiger partial charge >= 0.3 is 12.2 Å². The largest absolute Gasteiger partial charge is 0.444 e. The van der Waals surface area contributed by atoms with E-state index in [-0.39, 0.29) is 41.4 Å². The smallest absolute Gasteiger partial charge is 0.417 e. The van der Waals surface area contributed by atoms with E-state index < -0.39 is 35.2 Å². The van der Waals surface area contributed by atoms with E-state index in [0.29, 0.717) is 24.1 Å². The third kappa shape index (κ3) is 6.12. The van der Waals surface area contributed by atoms with Crippen LogP contribution in [0.3, 0.4) is 0 Å². The van der Waals surface area contributed by atoms with Crippen LogP contribution in [0.5, 0.6) is 0 Å². The number of hydrogen-bond donors (Lipinski definition) is 1. The molecule has 0 spiro atoms. The summed E-state index contributed by atoms with van der Waals surface area (Å²) in [5, 5.41) is 2.63. The Labute approximate surface area is 243 Å². The first kappa shape index (κ1) is 29.2. The fourth-order valence-electron chi connectivity index (χ4n) is 5.55. The van der Waals surface area contributed by atoms with E-state index in [9.17, 15) is 19.2 Å². The van der Waals surface area contributed by atoms with E-state index in [2.05, 4.69) is 20.3 Å². The summed E-state index contributed by atoms with van der Waals surface area (Å²) in [5.41, 5.74) is -0.627. The molecule has 1 saturated heterocycles. The van der Waals surface area contributed by atoms with Gasteiger partial charge in [-0.25, -0.2) is 29.4 Å². The lowest BCUT2D eigenvalue weighted by Crippen LogP contribution is -2.56. The number of amides is 3. The standard InChI is InChI=1S/C30H36N6O6/c1-29(2,3)41-27(39)34-24-22-26(33-25(32-24)23(38)18-10-8-7-9-11-18)35(16-31-22)19-13-12-17-14-20(19)36(21(37)15-17)28(40)42-30(4,5)6/h7-11,16-17,19-20H,12-15H2,1-6H3,(H,32,33,34,39)/t17-,19-,20-/m1/s1. The van der Waals surface area contributed by atoms with Crippen molar-refractivity contribution in [2.75, 3.05) is 5.32 Å². The van der Waals surface area contributed by atoms with Crippen molar-refractivity contribution in [1.82, 2.24) is 24.4 Å². The van der Waals surface area contributed by atoms with Crippen LogP contribution in [0.4, 0.5) is 15.4 Å². The molecule has 2 aromatic heterocycles. The number of benzene rings is 1. The Morgan fingerprint density at radius 2 is 1.62 bits per heavy atom. The number of ketones is 1. The van der Waals surface area contributed by atoms with E-state index in [0.717, 1.165) is 6.42 Å². The molecular formula is C30H36N6O6. The SMILES string of the molecule is CC(C)(C)OC(=O)Nc1nc(C(=O)c2ccccc2)nc2c1ncn2[C@@H]1CC[C@H]2CC(=O)N(C(=O)OC(C)(C)C)[C@@H]1C2. The number of carbonyl (C=O) groups is 4. The molecule has 1 aromatic carbocycles. The predicted molar refractivity (Wildman–Crippen MR) is 153 cm³/mol. The second-order valence-corrected chi connectivity index (χ2v) is 12.8. The van der Waals surface area contributed by atoms with Gasteiger partial charge in [0.05, 0.1) is 18.4 Å². The molecular weight excluding hydrogens is 540 g/mol. The number of hydrogen-bond acceptors (Lipinski definition) is 9. The van der Waals surface area contributed by atoms with Crippen molar-refractivity contribution in [3.8, 4) is 0 Å². The second-order valence-electron chi connectivity index (χ2n) is 12.8. The summed E-state index contributed by atoms with van der Waals surface area (Å²) in [6.45, 7) is 10.5. The molecule has 42 heavy (non-hydrogen) atoms. The van der Waals surface area contributed by atoms with Gasteiger partial charge in [0.25, 0.3) is 0 Å². The fraction of sp³-hybridized carbons (Fsp3) is 0.500. The Morgan fingerprint density at radius 1 is 0.929 bits per heavy atom. The topological polar surface area (TPSA) is 146 Å². The van der Waals surface area contributed by atoms with Gasteiger partial charge in [0, 0.05) is 12.0 Å². The molecule has 1 aliphatic heterocycles. The van der Waals surface area contributed by atoms with Crippen molar-refractivity contribution < 1.29 is 28.7 Å². The number of fused-ring (bicyclic) bond motifs is 3. The first-order valence-corrected chi connectivity index (χ1v) is 14.1. The van der Waals surface area contributed by atoms with Crippen molar-refractivity contribution in [2.24, 2.45) is 5.92 Å². The van der Waals surface area contributed by atoms with E-state index in [1.54, 1.807) is 82.8 Å². The summed E-state index contributed by atoms with van der Waals surface area (Å²) < 4.78 is 12.8. The van der Waals surface area contributed by atoms with Gasteiger partial charge in [-0.05, 0) is 66.7 Å². The number of rotatable bonds is 4. The number of ether oxygens (including phenoxy) is 2. The van der Waals surface area contributed by atoms with Crippen LogP contribution in [0.2, 0.25) is 0 Å². The quantitative estimate of drug-likeness (QED) is 0.410. The number of piperidine rings is 1. The summed E-state index contributed by atoms with van der Waals surface area (Å²) in [4.78, 5) is 67.3. The van der Waals surface area contributed by atoms with Crippen LogP contribution in [-0.4, -0.2) is 65.5 Å². The van der Waals surface area contributed by atoms with E-state index in [1.165, 1.54) is 4.90 Å². The van der Waals surface area contributed by atoms with Crippen LogP contribution in [-0.2, 0) is 14.3 Å². The first-order chi connectivity index (χ1) is 19.7. The number of nitrogens with zero attached hydrogens (tertiary/aromatic N) is 5. The van der Waals surface area contributed by atoms with E-state index in [4.69, 9.17) is 9.47 Å². The average Bonchev–Trinajstić information content (AvgIpc) is 3.30. The molecule has 3 aromatic rings. The molecule has 2 fully saturated rings. The van der Waals surface area contributed by atoms with Gasteiger partial charge in [0.15, 0.2) is 17.0 Å². The Balaban J connectivity index is 1.59. The third-order valence-corrected chi connectivity index (χ3v) is 7.18. The minimum Gasteiger partial charge on any atom is -0.444 e. The molecule has 12 heteroatoms. The monoisotopic (exact) mass is 576 g/mol. The normalized spacial score (nSPS) is 20.8. The lowest BCUT2D eigenvalue weighted by atomic mass is 9.76. The first-order valence-electron chi connectivity index (χ1n) is 14.1. The summed E-state index contributed by atoms with van der Waals surface area (Å²) in [6, 6.07) is 7.70. The van der Waals surface area contributed by atoms with Crippen LogP contribution in [0.1, 0.15) is 89.4 Å². The molecule has 5 rings (SSSR count). The zero-order chi connectivity index (χ0) is 30.4. The molecule has 2 aliphatic rings. The number of aromatic nitrogens is 4. The molecule has 0 unspecified atom stereocenters. The maximum atomic E-state index is 13.4. The molecule has 222 valence electrons. The van der Waals surface area contributed by atoms with Crippen LogP contribution in [0.25, 0.3) is 11.2 Å². The van der Waals surface area contributed by atoms with Gasteiger partial charge in [-0.3, -0.25) is 14.9 Å². The van der Waals surface area contributed by atoms with Gasteiger partial charge in [-0.15, -0.1) is 0 Å². The Morgan fingerprint density at radius 3 is 2.29 bits per heavy atom. The van der Waals surface area contributed by atoms with Crippen LogP contribution >= 0.6 is 0 Å². The Kier molecular flexibility index (Phi) is 7.50. The molecule has 3 atom stereocenters. The van der Waals surface area contributed by atoms with Crippen LogP contribution in [0, 0.1) is 5.92 Å². The molecule has 1 saturated carbocycles. The molecule has 1 N–H and O–H groups in total. The predicted octanol–water partition coefficient (Wildman–Crippen LogP) is 5.28. The van der Waals surface area contributed by atoms with Crippen LogP contribution < -0.4 is 5.32 Å². The summed E-state index contributed by atoms with van der Waals surface area (Å²) >= 11 is 0. The molecule has 12 nitrogen and oxygen atoms in total. The number of imide groups is 1. The maximum Gasteiger partial charge on any atom is 0.417 e. The van der Waals surface area contributed by atoms with Crippen molar-refractivity contribution in [1.29, 1.82) is 0 Å². The fourth-order valence-corrected chi connectivity index (χ4v) is 5.55. The number of nitrogens with one attached hydrogen (secondary N) is 1. The summed E-state index contributed by atoms with van der Waals surface area (Å²) in [5.74, 6) is -0.684. The maximum absolute atomic E-state index is 13.4. The third-order valence-electron chi connectivity index (χ3n) is 7.18. The molecule has 3 amide bonds. The lowest BCUT2D eigenvalue weighted by molar-refractivity contribution is -0.140. The van der Waals surface area contributed by atoms with Crippen molar-refractivity contribution >= 4 is 40.9 Å². The Hall–Kier alpha value is -4.35. The zero-order valence-corrected chi connectivity index (χ0v) is 24.7. The highest BCUT2D eigenvalue weighted by Gasteiger charge is 2.47. The molecule has 3 heterocycles. The number of carbonyl (C=O) groups excluding carboxylic acids is 4. The summed E-state index contributed by atoms with van der Waals surface area (Å²) in [6.07, 6.45) is 2.42. The van der Waals surface area contributed by atoms with Gasteiger partial charge in [-0.2, -0.15) is 0 Å². The van der Waals surface area contributed by atoms with Crippen molar-refractivity contribution in [3.05, 3.63) is 48.0 Å². The van der Waals surface area contributed by atoms with Crippen molar-refractivity contribution in [2.45, 2.75) is 90.5 Å². The van der Waals surface area contributed by atoms with Gasteiger partial charge in [0.1, 0.15) is 11.2 Å². The zero-order valence-electron chi connectivity index (χ0n) is 24.7. The highest BCUT2D eigenvalue weighted by atomic mass is 16.6. The number of anilines is 1. The highest BCUT2D eigenvalue weighted by molar-refractivity contribution is 6.08. The second kappa shape index (κ2) is 10.8.